The minimum absolute atomic E-state index is 0. The number of hydrogen-bond acceptors (Lipinski definition) is 3. The molecule has 3 atom stereocenters. The monoisotopic (exact) mass is 377 g/mol. The van der Waals surface area contributed by atoms with E-state index in [9.17, 15) is 4.79 Å². The topological polar surface area (TPSA) is 29.5 Å². The molecule has 1 heterocycles. The Hall–Kier alpha value is -1.32. The fourth-order valence-electron chi connectivity index (χ4n) is 4.50. The van der Waals surface area contributed by atoms with Crippen molar-refractivity contribution in [1.29, 1.82) is 0 Å². The molecule has 4 heteroatoms. The van der Waals surface area contributed by atoms with Crippen LogP contribution in [-0.2, 0) is 9.53 Å². The normalized spacial score (nSPS) is 25.7. The molecule has 2 aliphatic rings. The Kier molecular flexibility index (Phi) is 7.31. The van der Waals surface area contributed by atoms with Crippen molar-refractivity contribution < 1.29 is 9.53 Å². The zero-order chi connectivity index (χ0) is 17.9. The zero-order valence-corrected chi connectivity index (χ0v) is 17.0. The summed E-state index contributed by atoms with van der Waals surface area (Å²) < 4.78 is 5.73. The van der Waals surface area contributed by atoms with Crippen molar-refractivity contribution in [3.05, 3.63) is 48.0 Å². The van der Waals surface area contributed by atoms with Crippen LogP contribution in [0.1, 0.15) is 51.5 Å². The van der Waals surface area contributed by atoms with Crippen LogP contribution < -0.4 is 0 Å². The van der Waals surface area contributed by atoms with Crippen molar-refractivity contribution in [1.82, 2.24) is 4.90 Å². The lowest BCUT2D eigenvalue weighted by atomic mass is 9.85. The van der Waals surface area contributed by atoms with Gasteiger partial charge >= 0.3 is 5.97 Å². The predicted octanol–water partition coefficient (Wildman–Crippen LogP) is 4.82. The Morgan fingerprint density at radius 2 is 2.04 bits per heavy atom. The number of benzene rings is 1. The Morgan fingerprint density at radius 1 is 1.31 bits per heavy atom. The third kappa shape index (κ3) is 5.11. The Bertz CT molecular complexity index is 614. The van der Waals surface area contributed by atoms with Crippen molar-refractivity contribution in [2.24, 2.45) is 11.3 Å². The van der Waals surface area contributed by atoms with Crippen molar-refractivity contribution >= 4 is 18.4 Å². The van der Waals surface area contributed by atoms with Crippen LogP contribution in [-0.4, -0.2) is 36.6 Å². The molecule has 0 N–H and O–H groups in total. The summed E-state index contributed by atoms with van der Waals surface area (Å²) in [6.45, 7) is 9.30. The summed E-state index contributed by atoms with van der Waals surface area (Å²) in [7, 11) is 0. The minimum atomic E-state index is -0.174. The second-order valence-electron chi connectivity index (χ2n) is 8.41. The third-order valence-corrected chi connectivity index (χ3v) is 5.62. The Morgan fingerprint density at radius 3 is 2.62 bits per heavy atom. The molecule has 0 aromatic heterocycles. The molecule has 1 aliphatic heterocycles. The molecule has 0 bridgehead atoms. The van der Waals surface area contributed by atoms with Gasteiger partial charge in [0.2, 0.25) is 0 Å². The van der Waals surface area contributed by atoms with Crippen LogP contribution in [0.2, 0.25) is 0 Å². The second-order valence-corrected chi connectivity index (χ2v) is 8.41. The summed E-state index contributed by atoms with van der Waals surface area (Å²) >= 11 is 0. The van der Waals surface area contributed by atoms with E-state index in [1.807, 2.05) is 30.3 Å². The van der Waals surface area contributed by atoms with Gasteiger partial charge in [-0.15, -0.1) is 12.4 Å². The highest BCUT2D eigenvalue weighted by molar-refractivity contribution is 5.85. The fraction of sp³-hybridized carbons (Fsp3) is 0.591. The molecule has 1 fully saturated rings. The van der Waals surface area contributed by atoms with Gasteiger partial charge in [0, 0.05) is 19.1 Å². The maximum atomic E-state index is 12.8. The lowest BCUT2D eigenvalue weighted by Crippen LogP contribution is -2.33. The van der Waals surface area contributed by atoms with Crippen LogP contribution in [0.25, 0.3) is 0 Å². The quantitative estimate of drug-likeness (QED) is 0.525. The van der Waals surface area contributed by atoms with Gasteiger partial charge in [-0.2, -0.15) is 0 Å². The van der Waals surface area contributed by atoms with Crippen molar-refractivity contribution in [2.45, 2.75) is 52.0 Å². The number of halogens is 1. The molecule has 1 aromatic rings. The van der Waals surface area contributed by atoms with Gasteiger partial charge in [-0.05, 0) is 43.1 Å². The lowest BCUT2D eigenvalue weighted by molar-refractivity contribution is -0.147. The largest absolute Gasteiger partial charge is 0.464 e. The molecule has 3 nitrogen and oxygen atoms in total. The highest BCUT2D eigenvalue weighted by Crippen LogP contribution is 2.35. The molecule has 0 saturated carbocycles. The number of rotatable bonds is 6. The number of allylic oxidation sites excluding steroid dienone is 2. The lowest BCUT2D eigenvalue weighted by Gasteiger charge is -2.24. The van der Waals surface area contributed by atoms with Crippen molar-refractivity contribution in [3.63, 3.8) is 0 Å². The molecule has 0 amide bonds. The van der Waals surface area contributed by atoms with Gasteiger partial charge in [-0.25, -0.2) is 0 Å². The number of hydrogen-bond donors (Lipinski definition) is 0. The van der Waals surface area contributed by atoms with Gasteiger partial charge in [-0.1, -0.05) is 56.3 Å². The average Bonchev–Trinajstić information content (AvgIpc) is 3.17. The van der Waals surface area contributed by atoms with E-state index in [4.69, 9.17) is 4.74 Å². The number of esters is 1. The van der Waals surface area contributed by atoms with Crippen LogP contribution >= 0.6 is 12.4 Å². The van der Waals surface area contributed by atoms with E-state index in [2.05, 4.69) is 37.8 Å². The average molecular weight is 378 g/mol. The van der Waals surface area contributed by atoms with Gasteiger partial charge in [0.1, 0.15) is 6.61 Å². The Labute approximate surface area is 164 Å². The number of nitrogens with zero attached hydrogens (tertiary/aromatic N) is 1. The molecular formula is C22H32ClNO2. The summed E-state index contributed by atoms with van der Waals surface area (Å²) in [5.74, 6) is 0.0146. The molecule has 3 unspecified atom stereocenters. The molecule has 144 valence electrons. The number of ether oxygens (including phenoxy) is 1. The molecule has 1 aromatic carbocycles. The third-order valence-electron chi connectivity index (χ3n) is 5.62. The second kappa shape index (κ2) is 9.05. The first kappa shape index (κ1) is 21.0. The van der Waals surface area contributed by atoms with Gasteiger partial charge in [0.25, 0.3) is 0 Å². The van der Waals surface area contributed by atoms with E-state index in [1.54, 1.807) is 0 Å². The summed E-state index contributed by atoms with van der Waals surface area (Å²) in [6, 6.07) is 10.7. The van der Waals surface area contributed by atoms with E-state index in [1.165, 1.54) is 6.42 Å². The maximum absolute atomic E-state index is 12.8. The standard InChI is InChI=1S/C22H31NO2.ClH/c1-17-15-22(2,3)16-23(17)13-14-25-21(24)20(19-11-7-8-12-19)18-9-5-4-6-10-18;/h4-7,9-11,17,19-20H,8,12-16H2,1-3H3;1H. The molecule has 1 saturated heterocycles. The van der Waals surface area contributed by atoms with E-state index in [0.717, 1.165) is 31.5 Å². The van der Waals surface area contributed by atoms with Crippen LogP contribution in [0.3, 0.4) is 0 Å². The number of likely N-dealkylation sites (tertiary alicyclic amines) is 1. The summed E-state index contributed by atoms with van der Waals surface area (Å²) in [4.78, 5) is 15.3. The van der Waals surface area contributed by atoms with Gasteiger partial charge in [0.05, 0.1) is 5.92 Å². The fourth-order valence-corrected chi connectivity index (χ4v) is 4.50. The van der Waals surface area contributed by atoms with Crippen LogP contribution in [0.5, 0.6) is 0 Å². The highest BCUT2D eigenvalue weighted by Gasteiger charge is 2.35. The van der Waals surface area contributed by atoms with Crippen LogP contribution in [0.15, 0.2) is 42.5 Å². The van der Waals surface area contributed by atoms with Crippen LogP contribution in [0.4, 0.5) is 0 Å². The van der Waals surface area contributed by atoms with Crippen molar-refractivity contribution in [2.75, 3.05) is 19.7 Å². The summed E-state index contributed by atoms with van der Waals surface area (Å²) in [5, 5.41) is 0. The SMILES string of the molecule is CC1CC(C)(C)CN1CCOC(=O)C(c1ccccc1)C1C=CCC1.Cl. The molecule has 0 spiro atoms. The predicted molar refractivity (Wildman–Crippen MR) is 109 cm³/mol. The first-order valence-electron chi connectivity index (χ1n) is 9.58. The van der Waals surface area contributed by atoms with E-state index < -0.39 is 0 Å². The maximum Gasteiger partial charge on any atom is 0.314 e. The van der Waals surface area contributed by atoms with Gasteiger partial charge in [0.15, 0.2) is 0 Å². The number of carbonyl (C=O) groups is 1. The van der Waals surface area contributed by atoms with E-state index in [0.29, 0.717) is 18.1 Å². The molecular weight excluding hydrogens is 346 g/mol. The molecule has 0 radical (unpaired) electrons. The first-order chi connectivity index (χ1) is 12.0. The van der Waals surface area contributed by atoms with E-state index in [-0.39, 0.29) is 30.2 Å². The molecule has 1 aliphatic carbocycles. The van der Waals surface area contributed by atoms with Crippen molar-refractivity contribution in [3.8, 4) is 0 Å². The zero-order valence-electron chi connectivity index (χ0n) is 16.2. The number of carbonyl (C=O) groups excluding carboxylic acids is 1. The summed E-state index contributed by atoms with van der Waals surface area (Å²) in [6.07, 6.45) is 7.67. The Balaban J connectivity index is 0.00000243. The van der Waals surface area contributed by atoms with E-state index >= 15 is 0 Å². The smallest absolute Gasteiger partial charge is 0.314 e. The van der Waals surface area contributed by atoms with Gasteiger partial charge < -0.3 is 4.74 Å². The summed E-state index contributed by atoms with van der Waals surface area (Å²) in [5.41, 5.74) is 1.43. The van der Waals surface area contributed by atoms with Gasteiger partial charge in [-0.3, -0.25) is 9.69 Å². The first-order valence-corrected chi connectivity index (χ1v) is 9.58. The highest BCUT2D eigenvalue weighted by atomic mass is 35.5. The molecule has 3 rings (SSSR count). The minimum Gasteiger partial charge on any atom is -0.464 e. The molecule has 26 heavy (non-hydrogen) atoms. The van der Waals surface area contributed by atoms with Crippen LogP contribution in [0, 0.1) is 11.3 Å².